The summed E-state index contributed by atoms with van der Waals surface area (Å²) in [5, 5.41) is 7.61. The van der Waals surface area contributed by atoms with Crippen LogP contribution in [-0.4, -0.2) is 0 Å². The molecule has 216 valence electrons. The fraction of sp³-hybridized carbons (Fsp3) is 0. The van der Waals surface area contributed by atoms with Gasteiger partial charge in [-0.05, 0) is 74.1 Å². The highest BCUT2D eigenvalue weighted by Crippen LogP contribution is 2.50. The van der Waals surface area contributed by atoms with E-state index in [4.69, 9.17) is 0 Å². The molecule has 0 unspecified atom stereocenters. The summed E-state index contributed by atoms with van der Waals surface area (Å²) in [6.45, 7) is 0. The van der Waals surface area contributed by atoms with Crippen LogP contribution in [0.15, 0.2) is 176 Å². The van der Waals surface area contributed by atoms with Crippen LogP contribution in [0.25, 0.3) is 64.0 Å². The normalized spacial score (nSPS) is 11.5. The third-order valence-electron chi connectivity index (χ3n) is 9.04. The standard InChI is InChI=1S/C44H29NS/c1-3-11-30(12-4-1)32-19-23-36(24-20-32)45(37-25-21-31-13-7-8-17-35(31)29-37)41-28-27-39(33-14-5-2-6-15-33)44-42(41)40-26-22-34-16-9-10-18-38(34)43(40)46-44/h1-29H. The summed E-state index contributed by atoms with van der Waals surface area (Å²) < 4.78 is 2.64. The van der Waals surface area contributed by atoms with E-state index in [0.29, 0.717) is 0 Å². The van der Waals surface area contributed by atoms with Gasteiger partial charge in [0.25, 0.3) is 0 Å². The Kier molecular flexibility index (Phi) is 6.40. The first-order chi connectivity index (χ1) is 22.8. The van der Waals surface area contributed by atoms with Crippen LogP contribution in [0.5, 0.6) is 0 Å². The minimum Gasteiger partial charge on any atom is -0.310 e. The highest BCUT2D eigenvalue weighted by Gasteiger charge is 2.22. The number of benzene rings is 8. The van der Waals surface area contributed by atoms with Gasteiger partial charge in [-0.25, -0.2) is 0 Å². The highest BCUT2D eigenvalue weighted by molar-refractivity contribution is 7.27. The molecule has 0 amide bonds. The summed E-state index contributed by atoms with van der Waals surface area (Å²) in [6, 6.07) is 63.9. The van der Waals surface area contributed by atoms with Crippen LogP contribution in [0, 0.1) is 0 Å². The van der Waals surface area contributed by atoms with Crippen LogP contribution in [0.2, 0.25) is 0 Å². The molecule has 1 aromatic heterocycles. The van der Waals surface area contributed by atoms with Crippen LogP contribution >= 0.6 is 11.3 Å². The summed E-state index contributed by atoms with van der Waals surface area (Å²) in [4.78, 5) is 2.44. The number of fused-ring (bicyclic) bond motifs is 6. The van der Waals surface area contributed by atoms with Crippen molar-refractivity contribution in [3.63, 3.8) is 0 Å². The molecule has 9 rings (SSSR count). The third kappa shape index (κ3) is 4.46. The van der Waals surface area contributed by atoms with E-state index in [-0.39, 0.29) is 0 Å². The average molecular weight is 604 g/mol. The summed E-state index contributed by atoms with van der Waals surface area (Å²) in [7, 11) is 0. The van der Waals surface area contributed by atoms with E-state index in [0.717, 1.165) is 11.4 Å². The molecule has 0 saturated heterocycles. The first-order valence-electron chi connectivity index (χ1n) is 15.7. The maximum atomic E-state index is 2.44. The van der Waals surface area contributed by atoms with E-state index in [1.807, 2.05) is 11.3 Å². The number of hydrogen-bond acceptors (Lipinski definition) is 2. The zero-order valence-electron chi connectivity index (χ0n) is 25.1. The van der Waals surface area contributed by atoms with E-state index >= 15 is 0 Å². The van der Waals surface area contributed by atoms with Gasteiger partial charge in [0.2, 0.25) is 0 Å². The van der Waals surface area contributed by atoms with E-state index in [1.165, 1.54) is 69.7 Å². The molecule has 8 aromatic carbocycles. The van der Waals surface area contributed by atoms with Gasteiger partial charge in [-0.3, -0.25) is 0 Å². The van der Waals surface area contributed by atoms with Crippen molar-refractivity contribution in [2.75, 3.05) is 4.90 Å². The van der Waals surface area contributed by atoms with Crippen molar-refractivity contribution in [1.29, 1.82) is 0 Å². The van der Waals surface area contributed by atoms with E-state index in [1.54, 1.807) is 0 Å². The van der Waals surface area contributed by atoms with Gasteiger partial charge in [0.15, 0.2) is 0 Å². The molecule has 0 fully saturated rings. The fourth-order valence-corrected chi connectivity index (χ4v) is 8.19. The topological polar surface area (TPSA) is 3.24 Å². The molecule has 0 aliphatic heterocycles. The smallest absolute Gasteiger partial charge is 0.0555 e. The molecule has 1 nitrogen and oxygen atoms in total. The second-order valence-electron chi connectivity index (χ2n) is 11.7. The molecule has 0 spiro atoms. The zero-order valence-corrected chi connectivity index (χ0v) is 25.9. The van der Waals surface area contributed by atoms with Crippen LogP contribution in [0.3, 0.4) is 0 Å². The number of nitrogens with zero attached hydrogens (tertiary/aromatic N) is 1. The van der Waals surface area contributed by atoms with Crippen molar-refractivity contribution in [2.45, 2.75) is 0 Å². The SMILES string of the molecule is c1ccc(-c2ccc(N(c3ccc4ccccc4c3)c3ccc(-c4ccccc4)c4sc5c6ccccc6ccc5c34)cc2)cc1. The molecule has 0 aliphatic rings. The van der Waals surface area contributed by atoms with E-state index in [2.05, 4.69) is 181 Å². The van der Waals surface area contributed by atoms with Crippen molar-refractivity contribution >= 4 is 70.1 Å². The van der Waals surface area contributed by atoms with Crippen molar-refractivity contribution in [2.24, 2.45) is 0 Å². The van der Waals surface area contributed by atoms with Gasteiger partial charge in [0, 0.05) is 31.5 Å². The molecular formula is C44H29NS. The molecule has 0 aliphatic carbocycles. The molecule has 0 saturated carbocycles. The Balaban J connectivity index is 1.34. The number of anilines is 3. The minimum atomic E-state index is 1.13. The Morgan fingerprint density at radius 3 is 1.76 bits per heavy atom. The predicted molar refractivity (Wildman–Crippen MR) is 200 cm³/mol. The highest BCUT2D eigenvalue weighted by atomic mass is 32.1. The Hall–Kier alpha value is -5.70. The molecular weight excluding hydrogens is 575 g/mol. The summed E-state index contributed by atoms with van der Waals surface area (Å²) in [6.07, 6.45) is 0. The van der Waals surface area contributed by atoms with Gasteiger partial charge in [-0.15, -0.1) is 11.3 Å². The number of hydrogen-bond donors (Lipinski definition) is 0. The quantitative estimate of drug-likeness (QED) is 0.189. The lowest BCUT2D eigenvalue weighted by atomic mass is 9.98. The lowest BCUT2D eigenvalue weighted by Crippen LogP contribution is -2.10. The van der Waals surface area contributed by atoms with Crippen molar-refractivity contribution in [3.8, 4) is 22.3 Å². The van der Waals surface area contributed by atoms with Gasteiger partial charge in [-0.2, -0.15) is 0 Å². The van der Waals surface area contributed by atoms with Gasteiger partial charge < -0.3 is 4.90 Å². The summed E-state index contributed by atoms with van der Waals surface area (Å²) >= 11 is 1.91. The fourth-order valence-electron chi connectivity index (χ4n) is 6.80. The maximum absolute atomic E-state index is 2.44. The Labute approximate surface area is 272 Å². The molecule has 9 aromatic rings. The van der Waals surface area contributed by atoms with Gasteiger partial charge >= 0.3 is 0 Å². The number of rotatable bonds is 5. The molecule has 1 heterocycles. The lowest BCUT2D eigenvalue weighted by Gasteiger charge is -2.27. The van der Waals surface area contributed by atoms with Crippen LogP contribution in [0.4, 0.5) is 17.1 Å². The number of thiophene rings is 1. The first kappa shape index (κ1) is 26.7. The zero-order chi connectivity index (χ0) is 30.5. The average Bonchev–Trinajstić information content (AvgIpc) is 3.53. The summed E-state index contributed by atoms with van der Waals surface area (Å²) in [5.41, 5.74) is 8.38. The van der Waals surface area contributed by atoms with Crippen molar-refractivity contribution in [1.82, 2.24) is 0 Å². The van der Waals surface area contributed by atoms with Gasteiger partial charge in [0.1, 0.15) is 0 Å². The van der Waals surface area contributed by atoms with Gasteiger partial charge in [0.05, 0.1) is 5.69 Å². The van der Waals surface area contributed by atoms with Crippen LogP contribution < -0.4 is 4.90 Å². The predicted octanol–water partition coefficient (Wildman–Crippen LogP) is 13.2. The summed E-state index contributed by atoms with van der Waals surface area (Å²) in [5.74, 6) is 0. The monoisotopic (exact) mass is 603 g/mol. The second-order valence-corrected chi connectivity index (χ2v) is 12.8. The minimum absolute atomic E-state index is 1.13. The first-order valence-corrected chi connectivity index (χ1v) is 16.5. The molecule has 0 bridgehead atoms. The van der Waals surface area contributed by atoms with Crippen molar-refractivity contribution in [3.05, 3.63) is 176 Å². The van der Waals surface area contributed by atoms with Crippen molar-refractivity contribution < 1.29 is 0 Å². The van der Waals surface area contributed by atoms with Gasteiger partial charge in [-0.1, -0.05) is 146 Å². The molecule has 0 atom stereocenters. The molecule has 0 N–H and O–H groups in total. The second kappa shape index (κ2) is 11.0. The Morgan fingerprint density at radius 2 is 0.978 bits per heavy atom. The molecule has 2 heteroatoms. The maximum Gasteiger partial charge on any atom is 0.0555 e. The Morgan fingerprint density at radius 1 is 0.370 bits per heavy atom. The molecule has 46 heavy (non-hydrogen) atoms. The largest absolute Gasteiger partial charge is 0.310 e. The lowest BCUT2D eigenvalue weighted by molar-refractivity contribution is 1.31. The Bertz CT molecular complexity index is 2510. The van der Waals surface area contributed by atoms with E-state index < -0.39 is 0 Å². The van der Waals surface area contributed by atoms with Crippen LogP contribution in [-0.2, 0) is 0 Å². The van der Waals surface area contributed by atoms with Crippen LogP contribution in [0.1, 0.15) is 0 Å². The third-order valence-corrected chi connectivity index (χ3v) is 10.3. The van der Waals surface area contributed by atoms with E-state index in [9.17, 15) is 0 Å². The molecule has 0 radical (unpaired) electrons.